The number of halogens is 1. The van der Waals surface area contributed by atoms with Gasteiger partial charge in [0.15, 0.2) is 0 Å². The zero-order chi connectivity index (χ0) is 11.6. The molecule has 0 spiro atoms. The Bertz CT molecular complexity index is 373. The summed E-state index contributed by atoms with van der Waals surface area (Å²) in [6.07, 6.45) is 6.68. The zero-order valence-corrected chi connectivity index (χ0v) is 11.2. The lowest BCUT2D eigenvalue weighted by molar-refractivity contribution is 0.491. The summed E-state index contributed by atoms with van der Waals surface area (Å²) in [5, 5.41) is 3.52. The molecule has 1 heterocycles. The molecule has 0 saturated heterocycles. The highest BCUT2D eigenvalue weighted by molar-refractivity contribution is 9.10. The molecule has 1 aromatic heterocycles. The van der Waals surface area contributed by atoms with Crippen molar-refractivity contribution in [1.29, 1.82) is 0 Å². The summed E-state index contributed by atoms with van der Waals surface area (Å²) in [4.78, 5) is 4.38. The van der Waals surface area contributed by atoms with Crippen LogP contribution in [0.3, 0.4) is 0 Å². The molecule has 0 amide bonds. The average Bonchev–Trinajstić information content (AvgIpc) is 2.73. The van der Waals surface area contributed by atoms with Gasteiger partial charge < -0.3 is 11.1 Å². The number of rotatable bonds is 3. The van der Waals surface area contributed by atoms with Gasteiger partial charge in [0.2, 0.25) is 0 Å². The lowest BCUT2D eigenvalue weighted by Crippen LogP contribution is -2.43. The monoisotopic (exact) mass is 283 g/mol. The highest BCUT2D eigenvalue weighted by Gasteiger charge is 2.32. The van der Waals surface area contributed by atoms with E-state index in [0.717, 1.165) is 23.1 Å². The molecular weight excluding hydrogens is 266 g/mol. The standard InChI is InChI=1S/C12H18BrN3/c1-9-6-11(15-7-10(9)13)16-12(8-14)4-2-3-5-12/h6-7H,2-5,8,14H2,1H3,(H,15,16). The highest BCUT2D eigenvalue weighted by atomic mass is 79.9. The minimum atomic E-state index is 0.0767. The number of nitrogens with zero attached hydrogens (tertiary/aromatic N) is 1. The molecule has 88 valence electrons. The maximum atomic E-state index is 5.89. The molecule has 0 unspecified atom stereocenters. The van der Waals surface area contributed by atoms with Gasteiger partial charge in [0.25, 0.3) is 0 Å². The smallest absolute Gasteiger partial charge is 0.126 e. The second-order valence-corrected chi connectivity index (χ2v) is 5.49. The molecule has 0 bridgehead atoms. The predicted octanol–water partition coefficient (Wildman–Crippen LogP) is 2.84. The van der Waals surface area contributed by atoms with Crippen LogP contribution >= 0.6 is 15.9 Å². The first-order valence-electron chi connectivity index (χ1n) is 5.76. The SMILES string of the molecule is Cc1cc(NC2(CN)CCCC2)ncc1Br. The number of nitrogens with two attached hydrogens (primary N) is 1. The van der Waals surface area contributed by atoms with Crippen LogP contribution in [0, 0.1) is 6.92 Å². The molecule has 0 aromatic carbocycles. The molecule has 1 aliphatic rings. The van der Waals surface area contributed by atoms with Gasteiger partial charge in [0.05, 0.1) is 5.54 Å². The van der Waals surface area contributed by atoms with Crippen molar-refractivity contribution in [1.82, 2.24) is 4.98 Å². The van der Waals surface area contributed by atoms with Crippen LogP contribution in [0.2, 0.25) is 0 Å². The third-order valence-corrected chi connectivity index (χ3v) is 4.22. The molecule has 3 N–H and O–H groups in total. The van der Waals surface area contributed by atoms with E-state index in [4.69, 9.17) is 5.73 Å². The van der Waals surface area contributed by atoms with Crippen molar-refractivity contribution < 1.29 is 0 Å². The summed E-state index contributed by atoms with van der Waals surface area (Å²) in [6.45, 7) is 2.75. The fraction of sp³-hybridized carbons (Fsp3) is 0.583. The maximum absolute atomic E-state index is 5.89. The van der Waals surface area contributed by atoms with Crippen LogP contribution in [0.25, 0.3) is 0 Å². The lowest BCUT2D eigenvalue weighted by atomic mass is 9.98. The molecule has 16 heavy (non-hydrogen) atoms. The van der Waals surface area contributed by atoms with Gasteiger partial charge in [-0.25, -0.2) is 4.98 Å². The van der Waals surface area contributed by atoms with Gasteiger partial charge in [0, 0.05) is 17.2 Å². The Hall–Kier alpha value is -0.610. The maximum Gasteiger partial charge on any atom is 0.126 e. The van der Waals surface area contributed by atoms with Gasteiger partial charge in [-0.1, -0.05) is 12.8 Å². The van der Waals surface area contributed by atoms with Crippen LogP contribution in [-0.2, 0) is 0 Å². The minimum Gasteiger partial charge on any atom is -0.363 e. The van der Waals surface area contributed by atoms with E-state index in [1.165, 1.54) is 18.4 Å². The zero-order valence-electron chi connectivity index (χ0n) is 9.59. The minimum absolute atomic E-state index is 0.0767. The first-order valence-corrected chi connectivity index (χ1v) is 6.55. The molecule has 1 aliphatic carbocycles. The number of aromatic nitrogens is 1. The van der Waals surface area contributed by atoms with Crippen molar-refractivity contribution >= 4 is 21.7 Å². The summed E-state index contributed by atoms with van der Waals surface area (Å²) in [5.74, 6) is 0.938. The van der Waals surface area contributed by atoms with Gasteiger partial charge in [-0.3, -0.25) is 0 Å². The second kappa shape index (κ2) is 4.72. The van der Waals surface area contributed by atoms with Crippen LogP contribution in [0.5, 0.6) is 0 Å². The number of anilines is 1. The topological polar surface area (TPSA) is 50.9 Å². The molecule has 1 saturated carbocycles. The average molecular weight is 284 g/mol. The number of pyridine rings is 1. The molecule has 3 nitrogen and oxygen atoms in total. The van der Waals surface area contributed by atoms with Crippen molar-refractivity contribution in [3.8, 4) is 0 Å². The number of aryl methyl sites for hydroxylation is 1. The van der Waals surface area contributed by atoms with E-state index in [2.05, 4.69) is 39.2 Å². The van der Waals surface area contributed by atoms with Crippen LogP contribution in [-0.4, -0.2) is 17.1 Å². The third-order valence-electron chi connectivity index (χ3n) is 3.39. The Morgan fingerprint density at radius 1 is 1.50 bits per heavy atom. The van der Waals surface area contributed by atoms with Crippen LogP contribution in [0.4, 0.5) is 5.82 Å². The molecule has 4 heteroatoms. The Balaban J connectivity index is 2.16. The van der Waals surface area contributed by atoms with Crippen LogP contribution in [0.1, 0.15) is 31.2 Å². The number of nitrogens with one attached hydrogen (secondary N) is 1. The van der Waals surface area contributed by atoms with Gasteiger partial charge in [0.1, 0.15) is 5.82 Å². The van der Waals surface area contributed by atoms with E-state index < -0.39 is 0 Å². The van der Waals surface area contributed by atoms with Gasteiger partial charge in [-0.15, -0.1) is 0 Å². The van der Waals surface area contributed by atoms with E-state index in [-0.39, 0.29) is 5.54 Å². The van der Waals surface area contributed by atoms with Crippen LogP contribution in [0.15, 0.2) is 16.7 Å². The molecule has 0 aliphatic heterocycles. The fourth-order valence-corrected chi connectivity index (χ4v) is 2.53. The predicted molar refractivity (Wildman–Crippen MR) is 70.6 cm³/mol. The van der Waals surface area contributed by atoms with Gasteiger partial charge >= 0.3 is 0 Å². The van der Waals surface area contributed by atoms with Gasteiger partial charge in [-0.2, -0.15) is 0 Å². The Morgan fingerprint density at radius 3 is 2.75 bits per heavy atom. The summed E-state index contributed by atoms with van der Waals surface area (Å²) >= 11 is 3.46. The van der Waals surface area contributed by atoms with E-state index >= 15 is 0 Å². The summed E-state index contributed by atoms with van der Waals surface area (Å²) in [5.41, 5.74) is 7.16. The number of hydrogen-bond acceptors (Lipinski definition) is 3. The number of hydrogen-bond donors (Lipinski definition) is 2. The van der Waals surface area contributed by atoms with Crippen molar-refractivity contribution in [3.05, 3.63) is 22.3 Å². The molecule has 1 fully saturated rings. The second-order valence-electron chi connectivity index (χ2n) is 4.64. The van der Waals surface area contributed by atoms with E-state index in [1.54, 1.807) is 0 Å². The molecule has 0 radical (unpaired) electrons. The quantitative estimate of drug-likeness (QED) is 0.897. The van der Waals surface area contributed by atoms with E-state index in [9.17, 15) is 0 Å². The van der Waals surface area contributed by atoms with E-state index in [0.29, 0.717) is 6.54 Å². The van der Waals surface area contributed by atoms with Crippen molar-refractivity contribution in [2.75, 3.05) is 11.9 Å². The third kappa shape index (κ3) is 2.38. The van der Waals surface area contributed by atoms with Crippen molar-refractivity contribution in [2.24, 2.45) is 5.73 Å². The first-order chi connectivity index (χ1) is 7.65. The Kier molecular flexibility index (Phi) is 3.50. The summed E-state index contributed by atoms with van der Waals surface area (Å²) < 4.78 is 1.05. The van der Waals surface area contributed by atoms with Crippen molar-refractivity contribution in [2.45, 2.75) is 38.1 Å². The summed E-state index contributed by atoms with van der Waals surface area (Å²) in [7, 11) is 0. The van der Waals surface area contributed by atoms with E-state index in [1.807, 2.05) is 6.20 Å². The largest absolute Gasteiger partial charge is 0.363 e. The Morgan fingerprint density at radius 2 is 2.19 bits per heavy atom. The molecule has 2 rings (SSSR count). The van der Waals surface area contributed by atoms with Gasteiger partial charge in [-0.05, 0) is 47.3 Å². The highest BCUT2D eigenvalue weighted by Crippen LogP contribution is 2.32. The Labute approximate surface area is 105 Å². The molecule has 0 atom stereocenters. The molecular formula is C12H18BrN3. The lowest BCUT2D eigenvalue weighted by Gasteiger charge is -2.29. The fourth-order valence-electron chi connectivity index (χ4n) is 2.31. The van der Waals surface area contributed by atoms with Crippen LogP contribution < -0.4 is 11.1 Å². The summed E-state index contributed by atoms with van der Waals surface area (Å²) in [6, 6.07) is 2.07. The van der Waals surface area contributed by atoms with Crippen molar-refractivity contribution in [3.63, 3.8) is 0 Å². The molecule has 1 aromatic rings. The first kappa shape index (κ1) is 11.9. The normalized spacial score (nSPS) is 18.7.